The number of halogens is 2. The lowest BCUT2D eigenvalue weighted by Crippen LogP contribution is -2.47. The van der Waals surface area contributed by atoms with Crippen molar-refractivity contribution in [1.29, 1.82) is 0 Å². The fourth-order valence-electron chi connectivity index (χ4n) is 3.21. The number of nitrogens with zero attached hydrogens (tertiary/aromatic N) is 3. The first-order valence-corrected chi connectivity index (χ1v) is 9.73. The molecule has 1 aromatic carbocycles. The monoisotopic (exact) mass is 437 g/mol. The minimum absolute atomic E-state index is 0.0168. The Morgan fingerprint density at radius 2 is 1.93 bits per heavy atom. The molecule has 1 aliphatic rings. The Morgan fingerprint density at radius 1 is 1.21 bits per heavy atom. The standard InChI is InChI=1S/C18H21Cl2N7O2/c19-10-4-11(20)6-13(5-10)23-7-14(28)27-3-1-2-12(8-27)26-18-15(17(22)29)16(21)24-9-25-18/h4-6,9,12,23H,1-3,7-8H2,(H2,22,29)(H3,21,24,25,26)/t12-/m0/s1. The lowest BCUT2D eigenvalue weighted by atomic mass is 10.1. The molecule has 0 spiro atoms. The molecular formula is C18H21Cl2N7O2. The molecule has 154 valence electrons. The van der Waals surface area contributed by atoms with Crippen LogP contribution in [0.1, 0.15) is 23.2 Å². The number of hydrogen-bond donors (Lipinski definition) is 4. The highest BCUT2D eigenvalue weighted by Crippen LogP contribution is 2.23. The molecule has 0 radical (unpaired) electrons. The van der Waals surface area contributed by atoms with E-state index in [4.69, 9.17) is 34.7 Å². The average molecular weight is 438 g/mol. The van der Waals surface area contributed by atoms with Crippen LogP contribution in [0.2, 0.25) is 10.0 Å². The fourth-order valence-corrected chi connectivity index (χ4v) is 3.74. The molecule has 0 unspecified atom stereocenters. The number of nitrogens with two attached hydrogens (primary N) is 2. The van der Waals surface area contributed by atoms with Gasteiger partial charge in [0.2, 0.25) is 5.91 Å². The van der Waals surface area contributed by atoms with E-state index >= 15 is 0 Å². The van der Waals surface area contributed by atoms with Gasteiger partial charge in [-0.05, 0) is 31.0 Å². The zero-order valence-electron chi connectivity index (χ0n) is 15.5. The summed E-state index contributed by atoms with van der Waals surface area (Å²) in [7, 11) is 0. The Hall–Kier alpha value is -2.78. The van der Waals surface area contributed by atoms with Crippen molar-refractivity contribution in [3.05, 3.63) is 40.1 Å². The molecule has 1 aromatic heterocycles. The summed E-state index contributed by atoms with van der Waals surface area (Å²) in [4.78, 5) is 33.9. The second kappa shape index (κ2) is 9.15. The number of primary amides is 1. The number of carbonyl (C=O) groups is 2. The van der Waals surface area contributed by atoms with Crippen LogP contribution in [-0.2, 0) is 4.79 Å². The van der Waals surface area contributed by atoms with Crippen LogP contribution in [-0.4, -0.2) is 52.4 Å². The summed E-state index contributed by atoms with van der Waals surface area (Å²) in [6.07, 6.45) is 2.87. The van der Waals surface area contributed by atoms with Gasteiger partial charge >= 0.3 is 0 Å². The van der Waals surface area contributed by atoms with Crippen molar-refractivity contribution < 1.29 is 9.59 Å². The maximum atomic E-state index is 12.6. The Bertz CT molecular complexity index is 905. The van der Waals surface area contributed by atoms with E-state index in [-0.39, 0.29) is 35.7 Å². The molecule has 0 bridgehead atoms. The van der Waals surface area contributed by atoms with Gasteiger partial charge < -0.3 is 27.0 Å². The van der Waals surface area contributed by atoms with Crippen molar-refractivity contribution in [2.75, 3.05) is 36.0 Å². The van der Waals surface area contributed by atoms with E-state index < -0.39 is 5.91 Å². The maximum Gasteiger partial charge on any atom is 0.256 e. The number of amides is 2. The van der Waals surface area contributed by atoms with Crippen molar-refractivity contribution in [2.45, 2.75) is 18.9 Å². The Morgan fingerprint density at radius 3 is 2.62 bits per heavy atom. The summed E-state index contributed by atoms with van der Waals surface area (Å²) in [5, 5.41) is 7.18. The van der Waals surface area contributed by atoms with Gasteiger partial charge in [0.05, 0.1) is 6.54 Å². The van der Waals surface area contributed by atoms with E-state index in [2.05, 4.69) is 20.6 Å². The van der Waals surface area contributed by atoms with Gasteiger partial charge in [-0.15, -0.1) is 0 Å². The minimum atomic E-state index is -0.710. The number of piperidine rings is 1. The van der Waals surface area contributed by atoms with Gasteiger partial charge in [-0.25, -0.2) is 9.97 Å². The molecule has 29 heavy (non-hydrogen) atoms. The molecule has 1 atom stereocenters. The van der Waals surface area contributed by atoms with Crippen molar-refractivity contribution in [3.63, 3.8) is 0 Å². The number of carbonyl (C=O) groups excluding carboxylic acids is 2. The lowest BCUT2D eigenvalue weighted by Gasteiger charge is -2.33. The number of hydrogen-bond acceptors (Lipinski definition) is 7. The van der Waals surface area contributed by atoms with E-state index in [9.17, 15) is 9.59 Å². The average Bonchev–Trinajstić information content (AvgIpc) is 2.65. The quantitative estimate of drug-likeness (QED) is 0.541. The number of aromatic nitrogens is 2. The number of likely N-dealkylation sites (tertiary alicyclic amines) is 1. The van der Waals surface area contributed by atoms with Gasteiger partial charge in [-0.3, -0.25) is 9.59 Å². The van der Waals surface area contributed by atoms with Crippen LogP contribution >= 0.6 is 23.2 Å². The molecule has 1 aliphatic heterocycles. The topological polar surface area (TPSA) is 139 Å². The van der Waals surface area contributed by atoms with Crippen LogP contribution in [0.3, 0.4) is 0 Å². The minimum Gasteiger partial charge on any atom is -0.383 e. The molecule has 0 saturated carbocycles. The third kappa shape index (κ3) is 5.39. The van der Waals surface area contributed by atoms with Crippen molar-refractivity contribution in [1.82, 2.24) is 14.9 Å². The summed E-state index contributed by atoms with van der Waals surface area (Å²) in [6.45, 7) is 1.21. The van der Waals surface area contributed by atoms with Crippen molar-refractivity contribution in [3.8, 4) is 0 Å². The molecule has 1 fully saturated rings. The predicted octanol–water partition coefficient (Wildman–Crippen LogP) is 1.98. The van der Waals surface area contributed by atoms with Crippen LogP contribution in [0, 0.1) is 0 Å². The van der Waals surface area contributed by atoms with Gasteiger partial charge in [0, 0.05) is 34.9 Å². The molecule has 2 aromatic rings. The third-order valence-corrected chi connectivity index (χ3v) is 4.98. The van der Waals surface area contributed by atoms with E-state index in [0.717, 1.165) is 12.8 Å². The van der Waals surface area contributed by atoms with Gasteiger partial charge in [0.25, 0.3) is 5.91 Å². The molecule has 11 heteroatoms. The van der Waals surface area contributed by atoms with Crippen LogP contribution < -0.4 is 22.1 Å². The first kappa shape index (κ1) is 20.9. The molecular weight excluding hydrogens is 417 g/mol. The predicted molar refractivity (Wildman–Crippen MR) is 113 cm³/mol. The fraction of sp³-hybridized carbons (Fsp3) is 0.333. The Kier molecular flexibility index (Phi) is 6.60. The third-order valence-electron chi connectivity index (χ3n) is 4.54. The summed E-state index contributed by atoms with van der Waals surface area (Å²) >= 11 is 12.0. The lowest BCUT2D eigenvalue weighted by molar-refractivity contribution is -0.130. The molecule has 1 saturated heterocycles. The molecule has 0 aliphatic carbocycles. The number of nitrogen functional groups attached to an aromatic ring is 1. The van der Waals surface area contributed by atoms with Crippen LogP contribution in [0.25, 0.3) is 0 Å². The summed E-state index contributed by atoms with van der Waals surface area (Å²) < 4.78 is 0. The van der Waals surface area contributed by atoms with Crippen LogP contribution in [0.4, 0.5) is 17.3 Å². The molecule has 6 N–H and O–H groups in total. The number of rotatable bonds is 6. The van der Waals surface area contributed by atoms with Gasteiger partial charge in [0.15, 0.2) is 0 Å². The van der Waals surface area contributed by atoms with E-state index in [1.165, 1.54) is 6.33 Å². The highest BCUT2D eigenvalue weighted by Gasteiger charge is 2.25. The van der Waals surface area contributed by atoms with Crippen LogP contribution in [0.5, 0.6) is 0 Å². The van der Waals surface area contributed by atoms with Crippen LogP contribution in [0.15, 0.2) is 24.5 Å². The first-order chi connectivity index (χ1) is 13.8. The van der Waals surface area contributed by atoms with Crippen molar-refractivity contribution >= 4 is 52.3 Å². The van der Waals surface area contributed by atoms with Gasteiger partial charge in [-0.1, -0.05) is 23.2 Å². The smallest absolute Gasteiger partial charge is 0.256 e. The second-order valence-electron chi connectivity index (χ2n) is 6.68. The summed E-state index contributed by atoms with van der Waals surface area (Å²) in [5.41, 5.74) is 11.8. The summed E-state index contributed by atoms with van der Waals surface area (Å²) in [5.74, 6) is -0.484. The number of benzene rings is 1. The zero-order valence-corrected chi connectivity index (χ0v) is 17.0. The molecule has 9 nitrogen and oxygen atoms in total. The number of anilines is 3. The maximum absolute atomic E-state index is 12.6. The highest BCUT2D eigenvalue weighted by atomic mass is 35.5. The molecule has 2 heterocycles. The SMILES string of the molecule is NC(=O)c1c(N)ncnc1N[C@H]1CCCN(C(=O)CNc2cc(Cl)cc(Cl)c2)C1. The van der Waals surface area contributed by atoms with Gasteiger partial charge in [-0.2, -0.15) is 0 Å². The molecule has 3 rings (SSSR count). The number of nitrogens with one attached hydrogen (secondary N) is 2. The van der Waals surface area contributed by atoms with E-state index in [1.54, 1.807) is 23.1 Å². The van der Waals surface area contributed by atoms with E-state index in [0.29, 0.717) is 28.8 Å². The zero-order chi connectivity index (χ0) is 21.0. The Labute approximate surface area is 177 Å². The second-order valence-corrected chi connectivity index (χ2v) is 7.55. The molecule has 2 amide bonds. The first-order valence-electron chi connectivity index (χ1n) is 8.98. The Balaban J connectivity index is 1.61. The summed E-state index contributed by atoms with van der Waals surface area (Å²) in [6, 6.07) is 4.93. The van der Waals surface area contributed by atoms with Gasteiger partial charge in [0.1, 0.15) is 23.5 Å². The largest absolute Gasteiger partial charge is 0.383 e. The highest BCUT2D eigenvalue weighted by molar-refractivity contribution is 6.35. The van der Waals surface area contributed by atoms with Crippen molar-refractivity contribution in [2.24, 2.45) is 5.73 Å². The normalized spacial score (nSPS) is 16.3. The van der Waals surface area contributed by atoms with E-state index in [1.807, 2.05) is 0 Å².